The number of rotatable bonds is 5. The summed E-state index contributed by atoms with van der Waals surface area (Å²) in [6.45, 7) is 7.36. The molecule has 1 fully saturated rings. The lowest BCUT2D eigenvalue weighted by Crippen LogP contribution is -2.23. The predicted octanol–water partition coefficient (Wildman–Crippen LogP) is 4.15. The highest BCUT2D eigenvalue weighted by atomic mass is 14.9. The Hall–Kier alpha value is -1.67. The van der Waals surface area contributed by atoms with Crippen LogP contribution >= 0.6 is 0 Å². The summed E-state index contributed by atoms with van der Waals surface area (Å²) >= 11 is 0. The van der Waals surface area contributed by atoms with E-state index in [-0.39, 0.29) is 0 Å². The molecular formula is C19H24N2. The van der Waals surface area contributed by atoms with Crippen LogP contribution in [0.2, 0.25) is 0 Å². The molecule has 1 aliphatic carbocycles. The van der Waals surface area contributed by atoms with E-state index in [9.17, 15) is 0 Å². The van der Waals surface area contributed by atoms with Crippen molar-refractivity contribution in [3.05, 3.63) is 65.0 Å². The predicted molar refractivity (Wildman–Crippen MR) is 87.4 cm³/mol. The molecule has 110 valence electrons. The van der Waals surface area contributed by atoms with Gasteiger partial charge >= 0.3 is 0 Å². The fourth-order valence-corrected chi connectivity index (χ4v) is 3.45. The first-order valence-corrected chi connectivity index (χ1v) is 7.92. The van der Waals surface area contributed by atoms with Crippen LogP contribution in [0, 0.1) is 19.8 Å². The number of aryl methyl sites for hydroxylation is 2. The Morgan fingerprint density at radius 3 is 2.43 bits per heavy atom. The topological polar surface area (TPSA) is 24.9 Å². The summed E-state index contributed by atoms with van der Waals surface area (Å²) in [5, 5.41) is 3.69. The Bertz CT molecular complexity index is 586. The van der Waals surface area contributed by atoms with E-state index in [1.54, 1.807) is 0 Å². The quantitative estimate of drug-likeness (QED) is 0.890. The molecule has 1 saturated carbocycles. The van der Waals surface area contributed by atoms with Crippen molar-refractivity contribution < 1.29 is 0 Å². The van der Waals surface area contributed by atoms with Crippen LogP contribution < -0.4 is 5.32 Å². The van der Waals surface area contributed by atoms with Gasteiger partial charge in [0.05, 0.1) is 0 Å². The van der Waals surface area contributed by atoms with Crippen LogP contribution in [-0.4, -0.2) is 11.5 Å². The van der Waals surface area contributed by atoms with Crippen molar-refractivity contribution in [2.24, 2.45) is 5.92 Å². The summed E-state index contributed by atoms with van der Waals surface area (Å²) in [7, 11) is 0. The number of nitrogens with one attached hydrogen (secondary N) is 1. The van der Waals surface area contributed by atoms with Crippen LogP contribution in [0.3, 0.4) is 0 Å². The van der Waals surface area contributed by atoms with Gasteiger partial charge in [-0.3, -0.25) is 4.98 Å². The fraction of sp³-hybridized carbons (Fsp3) is 0.421. The lowest BCUT2D eigenvalue weighted by molar-refractivity contribution is 0.486. The third kappa shape index (κ3) is 3.16. The second-order valence-electron chi connectivity index (χ2n) is 6.14. The van der Waals surface area contributed by atoms with E-state index in [1.807, 2.05) is 0 Å². The van der Waals surface area contributed by atoms with Gasteiger partial charge in [-0.1, -0.05) is 37.3 Å². The van der Waals surface area contributed by atoms with Crippen molar-refractivity contribution in [3.8, 4) is 0 Å². The molecule has 1 aliphatic rings. The van der Waals surface area contributed by atoms with Crippen LogP contribution in [0.1, 0.15) is 47.8 Å². The zero-order valence-corrected chi connectivity index (χ0v) is 13.1. The average molecular weight is 280 g/mol. The maximum absolute atomic E-state index is 4.51. The molecule has 1 N–H and O–H groups in total. The minimum Gasteiger partial charge on any atom is -0.310 e. The molecule has 3 atom stereocenters. The highest BCUT2D eigenvalue weighted by molar-refractivity contribution is 5.31. The van der Waals surface area contributed by atoms with Gasteiger partial charge in [0.1, 0.15) is 0 Å². The van der Waals surface area contributed by atoms with Crippen LogP contribution in [0.15, 0.2) is 42.5 Å². The van der Waals surface area contributed by atoms with Crippen molar-refractivity contribution in [2.45, 2.75) is 39.2 Å². The minimum atomic E-state index is 0.445. The van der Waals surface area contributed by atoms with E-state index in [2.05, 4.69) is 73.5 Å². The number of benzene rings is 1. The first-order chi connectivity index (χ1) is 10.2. The molecule has 1 aromatic heterocycles. The largest absolute Gasteiger partial charge is 0.310 e. The molecule has 0 amide bonds. The zero-order valence-electron chi connectivity index (χ0n) is 13.1. The summed E-state index contributed by atoms with van der Waals surface area (Å²) in [6.07, 6.45) is 1.28. The summed E-state index contributed by atoms with van der Waals surface area (Å²) in [5.74, 6) is 1.40. The van der Waals surface area contributed by atoms with Gasteiger partial charge in [-0.05, 0) is 61.9 Å². The summed E-state index contributed by atoms with van der Waals surface area (Å²) in [5.41, 5.74) is 5.10. The SMILES string of the molecule is CCNC(c1cc(C)nc(C)c1)C1CC1c1ccccc1. The van der Waals surface area contributed by atoms with Crippen LogP contribution in [0.5, 0.6) is 0 Å². The first kappa shape index (κ1) is 14.3. The Morgan fingerprint density at radius 1 is 1.14 bits per heavy atom. The van der Waals surface area contributed by atoms with Crippen molar-refractivity contribution >= 4 is 0 Å². The summed E-state index contributed by atoms with van der Waals surface area (Å²) in [6, 6.07) is 15.8. The minimum absolute atomic E-state index is 0.445. The van der Waals surface area contributed by atoms with Gasteiger partial charge in [-0.25, -0.2) is 0 Å². The van der Waals surface area contributed by atoms with E-state index in [4.69, 9.17) is 0 Å². The van der Waals surface area contributed by atoms with Crippen molar-refractivity contribution in [2.75, 3.05) is 6.54 Å². The molecule has 0 aliphatic heterocycles. The Labute approximate surface area is 127 Å². The second-order valence-corrected chi connectivity index (χ2v) is 6.14. The number of aromatic nitrogens is 1. The standard InChI is InChI=1S/C19H24N2/c1-4-20-19(16-10-13(2)21-14(3)11-16)18-12-17(18)15-8-6-5-7-9-15/h5-11,17-20H,4,12H2,1-3H3. The van der Waals surface area contributed by atoms with Gasteiger partial charge in [0.2, 0.25) is 0 Å². The van der Waals surface area contributed by atoms with Crippen molar-refractivity contribution in [1.82, 2.24) is 10.3 Å². The molecule has 0 spiro atoms. The molecule has 0 saturated heterocycles. The monoisotopic (exact) mass is 280 g/mol. The summed E-state index contributed by atoms with van der Waals surface area (Å²) < 4.78 is 0. The molecule has 2 aromatic rings. The number of nitrogens with zero attached hydrogens (tertiary/aromatic N) is 1. The average Bonchev–Trinajstić information content (AvgIpc) is 3.25. The molecule has 0 bridgehead atoms. The maximum atomic E-state index is 4.51. The lowest BCUT2D eigenvalue weighted by atomic mass is 9.98. The van der Waals surface area contributed by atoms with Crippen molar-refractivity contribution in [1.29, 1.82) is 0 Å². The van der Waals surface area contributed by atoms with Gasteiger partial charge in [0.15, 0.2) is 0 Å². The second kappa shape index (κ2) is 5.98. The number of hydrogen-bond acceptors (Lipinski definition) is 2. The third-order valence-corrected chi connectivity index (χ3v) is 4.38. The molecular weight excluding hydrogens is 256 g/mol. The maximum Gasteiger partial charge on any atom is 0.0379 e. The molecule has 21 heavy (non-hydrogen) atoms. The molecule has 2 heteroatoms. The van der Waals surface area contributed by atoms with Gasteiger partial charge in [0.25, 0.3) is 0 Å². The molecule has 0 radical (unpaired) electrons. The third-order valence-electron chi connectivity index (χ3n) is 4.38. The van der Waals surface area contributed by atoms with Crippen molar-refractivity contribution in [3.63, 3.8) is 0 Å². The molecule has 2 nitrogen and oxygen atoms in total. The highest BCUT2D eigenvalue weighted by Crippen LogP contribution is 2.54. The normalized spacial score (nSPS) is 22.0. The van der Waals surface area contributed by atoms with E-state index in [0.29, 0.717) is 17.9 Å². The lowest BCUT2D eigenvalue weighted by Gasteiger charge is -2.19. The number of pyridine rings is 1. The van der Waals surface area contributed by atoms with E-state index >= 15 is 0 Å². The van der Waals surface area contributed by atoms with Crippen LogP contribution in [0.25, 0.3) is 0 Å². The van der Waals surface area contributed by atoms with E-state index in [0.717, 1.165) is 17.9 Å². The Morgan fingerprint density at radius 2 is 1.81 bits per heavy atom. The molecule has 1 aromatic carbocycles. The van der Waals surface area contributed by atoms with Crippen LogP contribution in [-0.2, 0) is 0 Å². The van der Waals surface area contributed by atoms with Gasteiger partial charge in [-0.15, -0.1) is 0 Å². The first-order valence-electron chi connectivity index (χ1n) is 7.92. The highest BCUT2D eigenvalue weighted by Gasteiger charge is 2.44. The van der Waals surface area contributed by atoms with E-state index in [1.165, 1.54) is 17.5 Å². The van der Waals surface area contributed by atoms with Gasteiger partial charge in [0, 0.05) is 17.4 Å². The molecule has 1 heterocycles. The van der Waals surface area contributed by atoms with E-state index < -0.39 is 0 Å². The number of hydrogen-bond donors (Lipinski definition) is 1. The fourth-order valence-electron chi connectivity index (χ4n) is 3.45. The Balaban J connectivity index is 1.83. The zero-order chi connectivity index (χ0) is 14.8. The molecule has 3 rings (SSSR count). The molecule has 3 unspecified atom stereocenters. The van der Waals surface area contributed by atoms with Gasteiger partial charge < -0.3 is 5.32 Å². The van der Waals surface area contributed by atoms with Gasteiger partial charge in [-0.2, -0.15) is 0 Å². The summed E-state index contributed by atoms with van der Waals surface area (Å²) in [4.78, 5) is 4.51. The smallest absolute Gasteiger partial charge is 0.0379 e. The Kier molecular flexibility index (Phi) is 4.07. The van der Waals surface area contributed by atoms with Crippen LogP contribution in [0.4, 0.5) is 0 Å².